The first-order chi connectivity index (χ1) is 11.5. The van der Waals surface area contributed by atoms with Gasteiger partial charge in [0.05, 0.1) is 23.7 Å². The van der Waals surface area contributed by atoms with Crippen molar-refractivity contribution in [1.82, 2.24) is 19.7 Å². The number of aryl methyl sites for hydroxylation is 2. The highest BCUT2D eigenvalue weighted by atomic mass is 16.5. The van der Waals surface area contributed by atoms with Gasteiger partial charge < -0.3 is 14.5 Å². The molecule has 1 aromatic carbocycles. The van der Waals surface area contributed by atoms with E-state index < -0.39 is 11.9 Å². The molecule has 2 aromatic heterocycles. The van der Waals surface area contributed by atoms with Gasteiger partial charge in [0.15, 0.2) is 5.69 Å². The monoisotopic (exact) mass is 328 g/mol. The number of carbonyl (C=O) groups is 2. The lowest BCUT2D eigenvalue weighted by Gasteiger charge is -1.99. The summed E-state index contributed by atoms with van der Waals surface area (Å²) in [5.74, 6) is -0.465. The van der Waals surface area contributed by atoms with Gasteiger partial charge in [-0.2, -0.15) is 5.10 Å². The molecule has 124 valence electrons. The number of benzene rings is 1. The van der Waals surface area contributed by atoms with E-state index in [2.05, 4.69) is 19.8 Å². The lowest BCUT2D eigenvalue weighted by Crippen LogP contribution is -2.07. The first-order valence-electron chi connectivity index (χ1n) is 7.22. The predicted octanol–water partition coefficient (Wildman–Crippen LogP) is 1.75. The Kier molecular flexibility index (Phi) is 4.03. The van der Waals surface area contributed by atoms with Crippen LogP contribution in [0, 0.1) is 6.92 Å². The number of hydrogen-bond acceptors (Lipinski definition) is 6. The van der Waals surface area contributed by atoms with E-state index in [0.29, 0.717) is 22.4 Å². The highest BCUT2D eigenvalue weighted by Gasteiger charge is 2.14. The number of ether oxygens (including phenoxy) is 2. The van der Waals surface area contributed by atoms with Crippen molar-refractivity contribution in [3.8, 4) is 0 Å². The quantitative estimate of drug-likeness (QED) is 0.733. The summed E-state index contributed by atoms with van der Waals surface area (Å²) >= 11 is 0. The summed E-state index contributed by atoms with van der Waals surface area (Å²) in [7, 11) is 3.08. The Morgan fingerprint density at radius 1 is 1.25 bits per heavy atom. The van der Waals surface area contributed by atoms with Crippen LogP contribution in [0.15, 0.2) is 24.3 Å². The fraction of sp³-hybridized carbons (Fsp3) is 0.250. The number of aromatic nitrogens is 4. The van der Waals surface area contributed by atoms with Crippen LogP contribution in [0.2, 0.25) is 0 Å². The molecular formula is C16H16N4O4. The summed E-state index contributed by atoms with van der Waals surface area (Å²) < 4.78 is 11.5. The van der Waals surface area contributed by atoms with Crippen molar-refractivity contribution in [2.75, 3.05) is 7.11 Å². The number of rotatable bonds is 4. The maximum atomic E-state index is 12.0. The molecule has 0 unspecified atom stereocenters. The molecule has 0 radical (unpaired) electrons. The normalized spacial score (nSPS) is 10.8. The van der Waals surface area contributed by atoms with E-state index in [4.69, 9.17) is 4.74 Å². The fourth-order valence-electron chi connectivity index (χ4n) is 2.24. The van der Waals surface area contributed by atoms with E-state index in [1.807, 2.05) is 6.92 Å². The minimum atomic E-state index is -0.519. The van der Waals surface area contributed by atoms with Gasteiger partial charge in [-0.05, 0) is 31.2 Å². The first-order valence-corrected chi connectivity index (χ1v) is 7.22. The highest BCUT2D eigenvalue weighted by molar-refractivity contribution is 5.93. The zero-order valence-corrected chi connectivity index (χ0v) is 13.5. The molecule has 24 heavy (non-hydrogen) atoms. The largest absolute Gasteiger partial charge is 0.465 e. The Morgan fingerprint density at radius 2 is 2.04 bits per heavy atom. The van der Waals surface area contributed by atoms with Gasteiger partial charge in [-0.25, -0.2) is 14.6 Å². The molecule has 0 aliphatic rings. The van der Waals surface area contributed by atoms with Crippen molar-refractivity contribution >= 4 is 23.0 Å². The molecule has 8 heteroatoms. The van der Waals surface area contributed by atoms with Gasteiger partial charge in [0, 0.05) is 12.7 Å². The molecule has 0 aliphatic heterocycles. The molecule has 0 saturated carbocycles. The molecule has 0 atom stereocenters. The van der Waals surface area contributed by atoms with Crippen LogP contribution in [0.4, 0.5) is 0 Å². The minimum Gasteiger partial charge on any atom is -0.465 e. The van der Waals surface area contributed by atoms with Crippen LogP contribution < -0.4 is 0 Å². The van der Waals surface area contributed by atoms with Gasteiger partial charge in [-0.3, -0.25) is 4.68 Å². The Hall–Kier alpha value is -3.16. The standard InChI is InChI=1S/C16H16N4O4/c1-9-6-13(19-20(9)2)16(22)24-8-14-17-11-5-4-10(15(21)23-3)7-12(11)18-14/h4-7H,8H2,1-3H3,(H,17,18). The number of aromatic amines is 1. The summed E-state index contributed by atoms with van der Waals surface area (Å²) in [6.07, 6.45) is 0. The summed E-state index contributed by atoms with van der Waals surface area (Å²) in [5, 5.41) is 4.07. The highest BCUT2D eigenvalue weighted by Crippen LogP contribution is 2.15. The Morgan fingerprint density at radius 3 is 2.71 bits per heavy atom. The second-order valence-electron chi connectivity index (χ2n) is 5.28. The van der Waals surface area contributed by atoms with Crippen LogP contribution in [0.3, 0.4) is 0 Å². The number of nitrogens with zero attached hydrogens (tertiary/aromatic N) is 3. The van der Waals surface area contributed by atoms with Crippen LogP contribution >= 0.6 is 0 Å². The van der Waals surface area contributed by atoms with Gasteiger partial charge in [0.1, 0.15) is 12.4 Å². The lowest BCUT2D eigenvalue weighted by molar-refractivity contribution is 0.0455. The molecule has 3 aromatic rings. The van der Waals surface area contributed by atoms with Gasteiger partial charge in [-0.1, -0.05) is 0 Å². The fourth-order valence-corrected chi connectivity index (χ4v) is 2.24. The van der Waals surface area contributed by atoms with Crippen molar-refractivity contribution in [3.05, 3.63) is 47.0 Å². The molecule has 0 aliphatic carbocycles. The maximum Gasteiger partial charge on any atom is 0.359 e. The molecular weight excluding hydrogens is 312 g/mol. The number of imidazole rings is 1. The van der Waals surface area contributed by atoms with Gasteiger partial charge >= 0.3 is 11.9 Å². The topological polar surface area (TPSA) is 99.1 Å². The Bertz CT molecular complexity index is 906. The summed E-state index contributed by atoms with van der Waals surface area (Å²) in [6.45, 7) is 1.83. The zero-order valence-electron chi connectivity index (χ0n) is 13.5. The van der Waals surface area contributed by atoms with Crippen molar-refractivity contribution in [1.29, 1.82) is 0 Å². The summed E-state index contributed by atoms with van der Waals surface area (Å²) in [5.41, 5.74) is 2.86. The van der Waals surface area contributed by atoms with Gasteiger partial charge in [0.25, 0.3) is 0 Å². The molecule has 1 N–H and O–H groups in total. The number of H-pyrrole nitrogens is 1. The van der Waals surface area contributed by atoms with E-state index in [-0.39, 0.29) is 12.3 Å². The van der Waals surface area contributed by atoms with Gasteiger partial charge in [-0.15, -0.1) is 0 Å². The zero-order chi connectivity index (χ0) is 17.3. The van der Waals surface area contributed by atoms with Crippen molar-refractivity contribution in [2.24, 2.45) is 7.05 Å². The number of hydrogen-bond donors (Lipinski definition) is 1. The summed E-state index contributed by atoms with van der Waals surface area (Å²) in [6, 6.07) is 6.62. The molecule has 0 amide bonds. The van der Waals surface area contributed by atoms with Crippen molar-refractivity contribution in [3.63, 3.8) is 0 Å². The van der Waals surface area contributed by atoms with Crippen LogP contribution in [-0.2, 0) is 23.1 Å². The third kappa shape index (κ3) is 2.98. The average Bonchev–Trinajstić information content (AvgIpc) is 3.14. The third-order valence-corrected chi connectivity index (χ3v) is 3.61. The van der Waals surface area contributed by atoms with E-state index in [0.717, 1.165) is 5.69 Å². The average molecular weight is 328 g/mol. The van der Waals surface area contributed by atoms with Crippen LogP contribution in [0.5, 0.6) is 0 Å². The molecule has 3 rings (SSSR count). The Labute approximate surface area is 137 Å². The third-order valence-electron chi connectivity index (χ3n) is 3.61. The molecule has 2 heterocycles. The second-order valence-corrected chi connectivity index (χ2v) is 5.28. The SMILES string of the molecule is COC(=O)c1ccc2nc(COC(=O)c3cc(C)n(C)n3)[nH]c2c1. The van der Waals surface area contributed by atoms with E-state index >= 15 is 0 Å². The number of nitrogens with one attached hydrogen (secondary N) is 1. The minimum absolute atomic E-state index is 0.0172. The van der Waals surface area contributed by atoms with Crippen molar-refractivity contribution < 1.29 is 19.1 Å². The molecule has 0 fully saturated rings. The number of methoxy groups -OCH3 is 1. The van der Waals surface area contributed by atoms with Gasteiger partial charge in [0.2, 0.25) is 0 Å². The molecule has 0 bridgehead atoms. The van der Waals surface area contributed by atoms with E-state index in [1.165, 1.54) is 7.11 Å². The lowest BCUT2D eigenvalue weighted by atomic mass is 10.2. The smallest absolute Gasteiger partial charge is 0.359 e. The van der Waals surface area contributed by atoms with Crippen LogP contribution in [-0.4, -0.2) is 38.8 Å². The van der Waals surface area contributed by atoms with Crippen LogP contribution in [0.1, 0.15) is 32.4 Å². The van der Waals surface area contributed by atoms with E-state index in [9.17, 15) is 9.59 Å². The van der Waals surface area contributed by atoms with E-state index in [1.54, 1.807) is 36.0 Å². The molecule has 0 saturated heterocycles. The number of esters is 2. The molecule has 8 nitrogen and oxygen atoms in total. The molecule has 0 spiro atoms. The van der Waals surface area contributed by atoms with Crippen molar-refractivity contribution in [2.45, 2.75) is 13.5 Å². The van der Waals surface area contributed by atoms with Crippen LogP contribution in [0.25, 0.3) is 11.0 Å². The number of carbonyl (C=O) groups excluding carboxylic acids is 2. The second kappa shape index (κ2) is 6.15. The first kappa shape index (κ1) is 15.7. The number of fused-ring (bicyclic) bond motifs is 1. The maximum absolute atomic E-state index is 12.0. The summed E-state index contributed by atoms with van der Waals surface area (Å²) in [4.78, 5) is 30.8. The Balaban J connectivity index is 1.73. The predicted molar refractivity (Wildman–Crippen MR) is 84.5 cm³/mol.